The van der Waals surface area contributed by atoms with Crippen molar-refractivity contribution >= 4 is 5.97 Å². The van der Waals surface area contributed by atoms with Gasteiger partial charge in [-0.25, -0.2) is 4.79 Å². The van der Waals surface area contributed by atoms with Gasteiger partial charge in [-0.2, -0.15) is 0 Å². The molecular weight excluding hydrogens is 280 g/mol. The first kappa shape index (κ1) is 17.6. The van der Waals surface area contributed by atoms with E-state index in [4.69, 9.17) is 15.3 Å². The van der Waals surface area contributed by atoms with Gasteiger partial charge >= 0.3 is 5.97 Å². The zero-order valence-corrected chi connectivity index (χ0v) is 12.7. The first-order chi connectivity index (χ1) is 10.5. The molecule has 0 radical (unpaired) electrons. The van der Waals surface area contributed by atoms with Crippen LogP contribution in [0.3, 0.4) is 0 Å². The Bertz CT molecular complexity index is 559. The predicted octanol–water partition coefficient (Wildman–Crippen LogP) is 4.22. The number of carboxylic acid groups (broad SMARTS) is 1. The number of carbonyl (C=O) groups is 1. The Morgan fingerprint density at radius 3 is 1.82 bits per heavy atom. The second-order valence-corrected chi connectivity index (χ2v) is 4.98. The molecule has 4 nitrogen and oxygen atoms in total. The van der Waals surface area contributed by atoms with Crippen LogP contribution in [-0.2, 0) is 6.42 Å². The van der Waals surface area contributed by atoms with Crippen LogP contribution < -0.4 is 0 Å². The van der Waals surface area contributed by atoms with E-state index in [1.54, 1.807) is 12.1 Å². The summed E-state index contributed by atoms with van der Waals surface area (Å²) in [4.78, 5) is 10.2. The lowest BCUT2D eigenvalue weighted by atomic mass is 10.1. The van der Waals surface area contributed by atoms with Crippen LogP contribution in [0.4, 0.5) is 0 Å². The monoisotopic (exact) mass is 302 g/mol. The van der Waals surface area contributed by atoms with Gasteiger partial charge in [0.15, 0.2) is 0 Å². The third-order valence-corrected chi connectivity index (χ3v) is 3.12. The smallest absolute Gasteiger partial charge is 0.335 e. The van der Waals surface area contributed by atoms with E-state index in [0.717, 1.165) is 6.42 Å². The highest BCUT2D eigenvalue weighted by Crippen LogP contribution is 2.12. The standard InChI is InChI=1S/C11H16O.C7H6O3/c1-2-3-4-5-10-6-8-11(12)9-7-10;8-6-3-1-5(2-4-6)7(9)10/h6-9,12H,2-5H2,1H3;1-4,8H,(H,9,10). The Morgan fingerprint density at radius 1 is 0.864 bits per heavy atom. The van der Waals surface area contributed by atoms with Crippen LogP contribution >= 0.6 is 0 Å². The summed E-state index contributed by atoms with van der Waals surface area (Å²) < 4.78 is 0. The van der Waals surface area contributed by atoms with E-state index < -0.39 is 5.97 Å². The number of unbranched alkanes of at least 4 members (excludes halogenated alkanes) is 2. The number of benzene rings is 2. The van der Waals surface area contributed by atoms with Crippen molar-refractivity contribution in [3.8, 4) is 11.5 Å². The summed E-state index contributed by atoms with van der Waals surface area (Å²) in [6.07, 6.45) is 4.94. The average molecular weight is 302 g/mol. The lowest BCUT2D eigenvalue weighted by molar-refractivity contribution is 0.0697. The maximum atomic E-state index is 10.2. The summed E-state index contributed by atoms with van der Waals surface area (Å²) in [5, 5.41) is 26.2. The van der Waals surface area contributed by atoms with Gasteiger partial charge in [0.1, 0.15) is 11.5 Å². The molecule has 2 aromatic rings. The molecule has 0 fully saturated rings. The summed E-state index contributed by atoms with van der Waals surface area (Å²) in [5.74, 6) is -0.556. The Morgan fingerprint density at radius 2 is 1.36 bits per heavy atom. The SMILES string of the molecule is CCCCCc1ccc(O)cc1.O=C(O)c1ccc(O)cc1. The van der Waals surface area contributed by atoms with Crippen LogP contribution in [0.15, 0.2) is 48.5 Å². The zero-order valence-electron chi connectivity index (χ0n) is 12.7. The molecule has 0 saturated heterocycles. The number of rotatable bonds is 5. The second-order valence-electron chi connectivity index (χ2n) is 4.98. The maximum Gasteiger partial charge on any atom is 0.335 e. The van der Waals surface area contributed by atoms with Gasteiger partial charge in [0, 0.05) is 0 Å². The molecule has 0 aliphatic rings. The van der Waals surface area contributed by atoms with Crippen molar-refractivity contribution in [2.45, 2.75) is 32.6 Å². The van der Waals surface area contributed by atoms with Gasteiger partial charge in [-0.1, -0.05) is 31.9 Å². The highest BCUT2D eigenvalue weighted by Gasteiger charge is 1.99. The van der Waals surface area contributed by atoms with Crippen LogP contribution in [0, 0.1) is 0 Å². The van der Waals surface area contributed by atoms with Crippen molar-refractivity contribution in [2.24, 2.45) is 0 Å². The molecule has 118 valence electrons. The molecule has 0 aliphatic carbocycles. The number of phenols is 2. The predicted molar refractivity (Wildman–Crippen MR) is 86.4 cm³/mol. The molecule has 4 heteroatoms. The summed E-state index contributed by atoms with van der Waals surface area (Å²) in [6.45, 7) is 2.21. The number of aryl methyl sites for hydroxylation is 1. The third-order valence-electron chi connectivity index (χ3n) is 3.12. The first-order valence-corrected chi connectivity index (χ1v) is 7.33. The summed E-state index contributed by atoms with van der Waals surface area (Å²) in [7, 11) is 0. The van der Waals surface area contributed by atoms with E-state index in [2.05, 4.69) is 6.92 Å². The molecule has 2 aromatic carbocycles. The Balaban J connectivity index is 0.000000224. The molecule has 22 heavy (non-hydrogen) atoms. The lowest BCUT2D eigenvalue weighted by Gasteiger charge is -1.99. The van der Waals surface area contributed by atoms with Crippen molar-refractivity contribution in [1.82, 2.24) is 0 Å². The van der Waals surface area contributed by atoms with Gasteiger partial charge in [0.05, 0.1) is 5.56 Å². The van der Waals surface area contributed by atoms with Gasteiger partial charge in [0.2, 0.25) is 0 Å². The number of phenolic OH excluding ortho intramolecular Hbond substituents is 2. The third kappa shape index (κ3) is 6.79. The van der Waals surface area contributed by atoms with Crippen molar-refractivity contribution < 1.29 is 20.1 Å². The fraction of sp³-hybridized carbons (Fsp3) is 0.278. The molecule has 3 N–H and O–H groups in total. The van der Waals surface area contributed by atoms with E-state index in [1.807, 2.05) is 12.1 Å². The largest absolute Gasteiger partial charge is 0.508 e. The summed E-state index contributed by atoms with van der Waals surface area (Å²) in [5.41, 5.74) is 1.50. The van der Waals surface area contributed by atoms with Crippen molar-refractivity contribution in [3.05, 3.63) is 59.7 Å². The number of aromatic carboxylic acids is 1. The molecule has 2 rings (SSSR count). The number of aromatic hydroxyl groups is 2. The van der Waals surface area contributed by atoms with E-state index in [0.29, 0.717) is 5.75 Å². The van der Waals surface area contributed by atoms with Crippen LogP contribution in [-0.4, -0.2) is 21.3 Å². The molecule has 0 spiro atoms. The first-order valence-electron chi connectivity index (χ1n) is 7.33. The van der Waals surface area contributed by atoms with Gasteiger partial charge in [0.25, 0.3) is 0 Å². The molecule has 0 heterocycles. The second kappa shape index (κ2) is 9.45. The lowest BCUT2D eigenvalue weighted by Crippen LogP contribution is -1.93. The summed E-state index contributed by atoms with van der Waals surface area (Å²) in [6, 6.07) is 12.8. The summed E-state index contributed by atoms with van der Waals surface area (Å²) >= 11 is 0. The van der Waals surface area contributed by atoms with E-state index in [-0.39, 0.29) is 11.3 Å². The minimum atomic E-state index is -0.986. The topological polar surface area (TPSA) is 77.8 Å². The normalized spacial score (nSPS) is 9.68. The van der Waals surface area contributed by atoms with E-state index in [9.17, 15) is 4.79 Å². The van der Waals surface area contributed by atoms with Crippen LogP contribution in [0.25, 0.3) is 0 Å². The molecular formula is C18H22O4. The van der Waals surface area contributed by atoms with E-state index in [1.165, 1.54) is 49.1 Å². The molecule has 0 bridgehead atoms. The fourth-order valence-corrected chi connectivity index (χ4v) is 1.85. The Hall–Kier alpha value is -2.49. The van der Waals surface area contributed by atoms with Crippen molar-refractivity contribution in [3.63, 3.8) is 0 Å². The van der Waals surface area contributed by atoms with E-state index >= 15 is 0 Å². The average Bonchev–Trinajstić information content (AvgIpc) is 2.51. The zero-order chi connectivity index (χ0) is 16.4. The molecule has 0 saturated carbocycles. The number of hydrogen-bond donors (Lipinski definition) is 3. The number of carboxylic acids is 1. The van der Waals surface area contributed by atoms with Crippen LogP contribution in [0.5, 0.6) is 11.5 Å². The van der Waals surface area contributed by atoms with Gasteiger partial charge in [-0.15, -0.1) is 0 Å². The Kier molecular flexibility index (Phi) is 7.54. The van der Waals surface area contributed by atoms with Gasteiger partial charge in [-0.3, -0.25) is 0 Å². The molecule has 0 atom stereocenters. The Labute approximate surface area is 130 Å². The minimum Gasteiger partial charge on any atom is -0.508 e. The van der Waals surface area contributed by atoms with Crippen LogP contribution in [0.2, 0.25) is 0 Å². The molecule has 0 amide bonds. The highest BCUT2D eigenvalue weighted by molar-refractivity contribution is 5.87. The van der Waals surface area contributed by atoms with Crippen molar-refractivity contribution in [2.75, 3.05) is 0 Å². The maximum absolute atomic E-state index is 10.2. The van der Waals surface area contributed by atoms with Gasteiger partial charge < -0.3 is 15.3 Å². The molecule has 0 unspecified atom stereocenters. The quantitative estimate of drug-likeness (QED) is 0.723. The molecule has 0 aromatic heterocycles. The highest BCUT2D eigenvalue weighted by atomic mass is 16.4. The molecule has 0 aliphatic heterocycles. The fourth-order valence-electron chi connectivity index (χ4n) is 1.85. The minimum absolute atomic E-state index is 0.0741. The van der Waals surface area contributed by atoms with Gasteiger partial charge in [-0.05, 0) is 54.8 Å². The number of hydrogen-bond acceptors (Lipinski definition) is 3. The van der Waals surface area contributed by atoms with Crippen LogP contribution in [0.1, 0.15) is 42.1 Å². The van der Waals surface area contributed by atoms with Crippen molar-refractivity contribution in [1.29, 1.82) is 0 Å².